The highest BCUT2D eigenvalue weighted by atomic mass is 32.1. The number of non-ortho nitro benzene ring substituents is 1. The molecule has 0 saturated heterocycles. The number of thiophene rings is 1. The van der Waals surface area contributed by atoms with Gasteiger partial charge in [-0.25, -0.2) is 4.98 Å². The molecule has 0 bridgehead atoms. The third-order valence-corrected chi connectivity index (χ3v) is 4.08. The van der Waals surface area contributed by atoms with E-state index in [1.54, 1.807) is 17.4 Å². The predicted molar refractivity (Wildman–Crippen MR) is 84.9 cm³/mol. The number of hydrogen-bond donors (Lipinski definition) is 1. The van der Waals surface area contributed by atoms with Crippen molar-refractivity contribution >= 4 is 33.7 Å². The number of nitrogens with one attached hydrogen (secondary N) is 1. The van der Waals surface area contributed by atoms with Gasteiger partial charge in [-0.3, -0.25) is 10.1 Å². The fourth-order valence-corrected chi connectivity index (χ4v) is 2.80. The number of rotatable bonds is 5. The molecule has 0 aliphatic carbocycles. The van der Waals surface area contributed by atoms with Crippen molar-refractivity contribution in [2.24, 2.45) is 0 Å². The van der Waals surface area contributed by atoms with Crippen molar-refractivity contribution in [3.8, 4) is 0 Å². The summed E-state index contributed by atoms with van der Waals surface area (Å²) in [4.78, 5) is 16.1. The molecule has 0 radical (unpaired) electrons. The van der Waals surface area contributed by atoms with Crippen LogP contribution in [0.25, 0.3) is 10.9 Å². The lowest BCUT2D eigenvalue weighted by molar-refractivity contribution is -0.384. The van der Waals surface area contributed by atoms with E-state index in [0.29, 0.717) is 0 Å². The first-order valence-corrected chi connectivity index (χ1v) is 7.42. The first kappa shape index (κ1) is 13.5. The van der Waals surface area contributed by atoms with Crippen LogP contribution in [0.15, 0.2) is 47.8 Å². The maximum absolute atomic E-state index is 10.7. The normalized spacial score (nSPS) is 10.7. The molecule has 5 nitrogen and oxygen atoms in total. The van der Waals surface area contributed by atoms with Crippen molar-refractivity contribution < 1.29 is 4.92 Å². The van der Waals surface area contributed by atoms with Gasteiger partial charge >= 0.3 is 0 Å². The molecule has 2 aromatic heterocycles. The molecule has 106 valence electrons. The fraction of sp³-hybridized carbons (Fsp3) is 0.133. The molecule has 0 atom stereocenters. The number of benzene rings is 1. The van der Waals surface area contributed by atoms with Crippen molar-refractivity contribution in [1.82, 2.24) is 4.98 Å². The SMILES string of the molecule is O=[N+]([O-])c1ccc2nc(NCCc3cccs3)ccc2c1. The quantitative estimate of drug-likeness (QED) is 0.574. The number of pyridine rings is 1. The second kappa shape index (κ2) is 5.88. The highest BCUT2D eigenvalue weighted by molar-refractivity contribution is 7.09. The highest BCUT2D eigenvalue weighted by Crippen LogP contribution is 2.21. The van der Waals surface area contributed by atoms with Gasteiger partial charge in [0.25, 0.3) is 5.69 Å². The molecule has 0 fully saturated rings. The largest absolute Gasteiger partial charge is 0.370 e. The van der Waals surface area contributed by atoms with Gasteiger partial charge in [0.15, 0.2) is 0 Å². The average Bonchev–Trinajstić information content (AvgIpc) is 3.00. The van der Waals surface area contributed by atoms with Gasteiger partial charge in [-0.1, -0.05) is 6.07 Å². The summed E-state index contributed by atoms with van der Waals surface area (Å²) in [5, 5.41) is 16.9. The van der Waals surface area contributed by atoms with E-state index in [1.807, 2.05) is 18.2 Å². The molecule has 0 aliphatic heterocycles. The van der Waals surface area contributed by atoms with E-state index in [1.165, 1.54) is 17.0 Å². The minimum atomic E-state index is -0.396. The average molecular weight is 299 g/mol. The van der Waals surface area contributed by atoms with E-state index in [9.17, 15) is 10.1 Å². The van der Waals surface area contributed by atoms with Crippen LogP contribution in [-0.2, 0) is 6.42 Å². The highest BCUT2D eigenvalue weighted by Gasteiger charge is 2.07. The minimum absolute atomic E-state index is 0.0858. The van der Waals surface area contributed by atoms with E-state index in [2.05, 4.69) is 21.7 Å². The molecule has 0 spiro atoms. The zero-order valence-electron chi connectivity index (χ0n) is 11.2. The smallest absolute Gasteiger partial charge is 0.270 e. The summed E-state index contributed by atoms with van der Waals surface area (Å²) in [6, 6.07) is 12.5. The van der Waals surface area contributed by atoms with E-state index in [4.69, 9.17) is 0 Å². The Balaban J connectivity index is 1.72. The Morgan fingerprint density at radius 3 is 2.90 bits per heavy atom. The minimum Gasteiger partial charge on any atom is -0.370 e. The van der Waals surface area contributed by atoms with Gasteiger partial charge in [-0.15, -0.1) is 11.3 Å². The lowest BCUT2D eigenvalue weighted by atomic mass is 10.2. The molecule has 0 unspecified atom stereocenters. The second-order valence-electron chi connectivity index (χ2n) is 4.59. The lowest BCUT2D eigenvalue weighted by Gasteiger charge is -2.06. The third kappa shape index (κ3) is 3.17. The maximum Gasteiger partial charge on any atom is 0.270 e. The van der Waals surface area contributed by atoms with Gasteiger partial charge < -0.3 is 5.32 Å². The van der Waals surface area contributed by atoms with E-state index >= 15 is 0 Å². The lowest BCUT2D eigenvalue weighted by Crippen LogP contribution is -2.05. The topological polar surface area (TPSA) is 68.1 Å². The molecular weight excluding hydrogens is 286 g/mol. The first-order chi connectivity index (χ1) is 10.2. The van der Waals surface area contributed by atoms with E-state index in [-0.39, 0.29) is 5.69 Å². The Labute approximate surface area is 125 Å². The van der Waals surface area contributed by atoms with Gasteiger partial charge in [0.05, 0.1) is 10.4 Å². The van der Waals surface area contributed by atoms with Crippen LogP contribution in [0.1, 0.15) is 4.88 Å². The Morgan fingerprint density at radius 1 is 1.24 bits per heavy atom. The summed E-state index contributed by atoms with van der Waals surface area (Å²) >= 11 is 1.74. The summed E-state index contributed by atoms with van der Waals surface area (Å²) in [7, 11) is 0. The van der Waals surface area contributed by atoms with Crippen LogP contribution < -0.4 is 5.32 Å². The van der Waals surface area contributed by atoms with Gasteiger partial charge in [-0.2, -0.15) is 0 Å². The van der Waals surface area contributed by atoms with Crippen molar-refractivity contribution in [2.45, 2.75) is 6.42 Å². The first-order valence-electron chi connectivity index (χ1n) is 6.54. The van der Waals surface area contributed by atoms with Crippen LogP contribution in [0.5, 0.6) is 0 Å². The molecule has 1 aromatic carbocycles. The third-order valence-electron chi connectivity index (χ3n) is 3.14. The Bertz CT molecular complexity index is 772. The van der Waals surface area contributed by atoms with Crippen LogP contribution in [0.2, 0.25) is 0 Å². The maximum atomic E-state index is 10.7. The van der Waals surface area contributed by atoms with E-state index in [0.717, 1.165) is 29.7 Å². The Kier molecular flexibility index (Phi) is 3.79. The van der Waals surface area contributed by atoms with Crippen molar-refractivity contribution in [3.05, 3.63) is 62.8 Å². The standard InChI is InChI=1S/C15H13N3O2S/c19-18(20)12-4-5-14-11(10-12)3-6-15(17-14)16-8-7-13-2-1-9-21-13/h1-6,9-10H,7-8H2,(H,16,17). The monoisotopic (exact) mass is 299 g/mol. The zero-order valence-corrected chi connectivity index (χ0v) is 12.0. The number of nitrogens with zero attached hydrogens (tertiary/aromatic N) is 2. The summed E-state index contributed by atoms with van der Waals surface area (Å²) < 4.78 is 0. The summed E-state index contributed by atoms with van der Waals surface area (Å²) in [5.41, 5.74) is 0.837. The van der Waals surface area contributed by atoms with Crippen LogP contribution >= 0.6 is 11.3 Å². The molecular formula is C15H13N3O2S. The molecule has 0 aliphatic rings. The van der Waals surface area contributed by atoms with Gasteiger partial charge in [0.1, 0.15) is 5.82 Å². The van der Waals surface area contributed by atoms with Crippen LogP contribution in [0.4, 0.5) is 11.5 Å². The number of fused-ring (bicyclic) bond motifs is 1. The molecule has 6 heteroatoms. The molecule has 3 aromatic rings. The number of hydrogen-bond acceptors (Lipinski definition) is 5. The van der Waals surface area contributed by atoms with Gasteiger partial charge in [0, 0.05) is 28.9 Å². The Hall–Kier alpha value is -2.47. The number of aromatic nitrogens is 1. The van der Waals surface area contributed by atoms with E-state index < -0.39 is 4.92 Å². The van der Waals surface area contributed by atoms with Crippen LogP contribution in [0.3, 0.4) is 0 Å². The van der Waals surface area contributed by atoms with Crippen molar-refractivity contribution in [3.63, 3.8) is 0 Å². The number of anilines is 1. The Morgan fingerprint density at radius 2 is 2.14 bits per heavy atom. The number of nitro benzene ring substituents is 1. The van der Waals surface area contributed by atoms with Gasteiger partial charge in [0.2, 0.25) is 0 Å². The summed E-state index contributed by atoms with van der Waals surface area (Å²) in [6.45, 7) is 0.812. The second-order valence-corrected chi connectivity index (χ2v) is 5.62. The van der Waals surface area contributed by atoms with Crippen molar-refractivity contribution in [2.75, 3.05) is 11.9 Å². The van der Waals surface area contributed by atoms with Gasteiger partial charge in [-0.05, 0) is 36.1 Å². The van der Waals surface area contributed by atoms with Crippen LogP contribution in [0, 0.1) is 10.1 Å². The number of nitro groups is 1. The molecule has 3 rings (SSSR count). The van der Waals surface area contributed by atoms with Crippen molar-refractivity contribution in [1.29, 1.82) is 0 Å². The molecule has 0 saturated carbocycles. The summed E-state index contributed by atoms with van der Waals surface area (Å²) in [5.74, 6) is 0.785. The fourth-order valence-electron chi connectivity index (χ4n) is 2.09. The molecule has 0 amide bonds. The molecule has 2 heterocycles. The zero-order chi connectivity index (χ0) is 14.7. The molecule has 21 heavy (non-hydrogen) atoms. The predicted octanol–water partition coefficient (Wildman–Crippen LogP) is 3.86. The summed E-state index contributed by atoms with van der Waals surface area (Å²) in [6.07, 6.45) is 0.956. The van der Waals surface area contributed by atoms with Crippen LogP contribution in [-0.4, -0.2) is 16.5 Å². The molecule has 1 N–H and O–H groups in total.